The average Bonchev–Trinajstić information content (AvgIpc) is 3.17. The van der Waals surface area contributed by atoms with Gasteiger partial charge in [-0.3, -0.25) is 14.4 Å². The van der Waals surface area contributed by atoms with Crippen LogP contribution in [-0.4, -0.2) is 35.3 Å². The van der Waals surface area contributed by atoms with Gasteiger partial charge in [-0.05, 0) is 36.6 Å². The Kier molecular flexibility index (Phi) is 3.92. The Morgan fingerprint density at radius 3 is 2.67 bits per heavy atom. The number of ketones is 1. The Labute approximate surface area is 151 Å². The minimum atomic E-state index is -0.524. The summed E-state index contributed by atoms with van der Waals surface area (Å²) in [5, 5.41) is 0.531. The number of carbonyl (C=O) groups excluding carboxylic acids is 3. The summed E-state index contributed by atoms with van der Waals surface area (Å²) in [6, 6.07) is 6.39. The van der Waals surface area contributed by atoms with E-state index in [0.717, 1.165) is 6.42 Å². The van der Waals surface area contributed by atoms with Gasteiger partial charge in [0.1, 0.15) is 6.10 Å². The lowest BCUT2D eigenvalue weighted by Crippen LogP contribution is -2.39. The van der Waals surface area contributed by atoms with Crippen molar-refractivity contribution >= 4 is 45.3 Å². The van der Waals surface area contributed by atoms with Gasteiger partial charge in [0.05, 0.1) is 16.7 Å². The van der Waals surface area contributed by atoms with E-state index in [9.17, 15) is 14.4 Å². The standard InChI is InChI=1S/C17H14BrClO5/c18-14-9-5-10-13(17(22)24-15(10)14)12(9)16(21)23-6-11(20)7-1-3-8(19)4-2-7/h1-4,9-10,12-15H,5-6H2. The number of carbonyl (C=O) groups is 3. The molecule has 1 aromatic rings. The number of hydrogen-bond acceptors (Lipinski definition) is 5. The summed E-state index contributed by atoms with van der Waals surface area (Å²) in [7, 11) is 0. The summed E-state index contributed by atoms with van der Waals surface area (Å²) < 4.78 is 10.6. The molecule has 1 aliphatic heterocycles. The fourth-order valence-corrected chi connectivity index (χ4v) is 5.42. The van der Waals surface area contributed by atoms with Crippen LogP contribution >= 0.6 is 27.5 Å². The zero-order valence-corrected chi connectivity index (χ0v) is 14.8. The Morgan fingerprint density at radius 2 is 1.96 bits per heavy atom. The molecule has 3 aliphatic rings. The second kappa shape index (κ2) is 5.85. The largest absolute Gasteiger partial charge is 0.461 e. The second-order valence-electron chi connectivity index (χ2n) is 6.50. The van der Waals surface area contributed by atoms with Gasteiger partial charge in [-0.1, -0.05) is 27.5 Å². The van der Waals surface area contributed by atoms with E-state index in [-0.39, 0.29) is 41.1 Å². The van der Waals surface area contributed by atoms with E-state index in [2.05, 4.69) is 15.9 Å². The summed E-state index contributed by atoms with van der Waals surface area (Å²) in [5.41, 5.74) is 0.429. The van der Waals surface area contributed by atoms with Gasteiger partial charge in [-0.25, -0.2) is 0 Å². The molecule has 2 bridgehead atoms. The Balaban J connectivity index is 1.43. The molecule has 6 atom stereocenters. The summed E-state index contributed by atoms with van der Waals surface area (Å²) in [6.45, 7) is -0.341. The number of esters is 2. The number of rotatable bonds is 4. The Hall–Kier alpha value is -1.40. The van der Waals surface area contributed by atoms with E-state index in [1.807, 2.05) is 0 Å². The third-order valence-corrected chi connectivity index (χ3v) is 6.76. The highest BCUT2D eigenvalue weighted by Crippen LogP contribution is 2.60. The molecule has 0 aromatic heterocycles. The van der Waals surface area contributed by atoms with Crippen molar-refractivity contribution in [2.75, 3.05) is 6.61 Å². The number of ether oxygens (including phenoxy) is 2. The van der Waals surface area contributed by atoms with Gasteiger partial charge in [0.25, 0.3) is 0 Å². The van der Waals surface area contributed by atoms with Crippen molar-refractivity contribution in [1.29, 1.82) is 0 Å². The first-order valence-electron chi connectivity index (χ1n) is 7.77. The van der Waals surface area contributed by atoms with Gasteiger partial charge >= 0.3 is 11.9 Å². The van der Waals surface area contributed by atoms with Crippen molar-refractivity contribution in [3.05, 3.63) is 34.9 Å². The number of Topliss-reactive ketones (excluding diaryl/α,β-unsaturated/α-hetero) is 1. The molecule has 6 unspecified atom stereocenters. The number of fused-ring (bicyclic) bond motifs is 1. The lowest BCUT2D eigenvalue weighted by Gasteiger charge is -2.26. The highest BCUT2D eigenvalue weighted by atomic mass is 79.9. The van der Waals surface area contributed by atoms with Crippen LogP contribution < -0.4 is 0 Å². The maximum absolute atomic E-state index is 12.5. The molecule has 7 heteroatoms. The van der Waals surface area contributed by atoms with Crippen molar-refractivity contribution in [3.8, 4) is 0 Å². The van der Waals surface area contributed by atoms with Gasteiger partial charge < -0.3 is 9.47 Å². The molecule has 4 rings (SSSR count). The first kappa shape index (κ1) is 16.1. The third kappa shape index (κ3) is 2.39. The minimum absolute atomic E-state index is 0.0188. The Morgan fingerprint density at radius 1 is 1.25 bits per heavy atom. The lowest BCUT2D eigenvalue weighted by molar-refractivity contribution is -0.154. The fourth-order valence-electron chi connectivity index (χ4n) is 4.25. The monoisotopic (exact) mass is 412 g/mol. The summed E-state index contributed by atoms with van der Waals surface area (Å²) in [4.78, 5) is 36.6. The SMILES string of the molecule is O=C(COC(=O)C1C2CC3C(OC(=O)C31)C2Br)c1ccc(Cl)cc1. The molecule has 24 heavy (non-hydrogen) atoms. The molecule has 1 heterocycles. The van der Waals surface area contributed by atoms with Crippen molar-refractivity contribution in [1.82, 2.24) is 0 Å². The molecule has 0 amide bonds. The van der Waals surface area contributed by atoms with Crippen LogP contribution in [0, 0.1) is 23.7 Å². The number of hydrogen-bond donors (Lipinski definition) is 0. The van der Waals surface area contributed by atoms with Crippen LogP contribution in [0.25, 0.3) is 0 Å². The quantitative estimate of drug-likeness (QED) is 0.431. The molecule has 5 nitrogen and oxygen atoms in total. The van der Waals surface area contributed by atoms with Crippen LogP contribution in [0.1, 0.15) is 16.8 Å². The molecular weight excluding hydrogens is 400 g/mol. The van der Waals surface area contributed by atoms with Gasteiger partial charge in [-0.2, -0.15) is 0 Å². The van der Waals surface area contributed by atoms with Crippen LogP contribution in [0.2, 0.25) is 5.02 Å². The number of halogens is 2. The molecule has 2 saturated carbocycles. The predicted octanol–water partition coefficient (Wildman–Crippen LogP) is 2.64. The highest BCUT2D eigenvalue weighted by Gasteiger charge is 2.68. The van der Waals surface area contributed by atoms with Crippen molar-refractivity contribution < 1.29 is 23.9 Å². The van der Waals surface area contributed by atoms with E-state index in [0.29, 0.717) is 10.6 Å². The minimum Gasteiger partial charge on any atom is -0.461 e. The van der Waals surface area contributed by atoms with E-state index in [1.54, 1.807) is 24.3 Å². The Bertz CT molecular complexity index is 718. The molecule has 3 fully saturated rings. The lowest BCUT2D eigenvalue weighted by atomic mass is 9.80. The van der Waals surface area contributed by atoms with Crippen LogP contribution in [0.15, 0.2) is 24.3 Å². The van der Waals surface area contributed by atoms with Crippen LogP contribution in [-0.2, 0) is 19.1 Å². The summed E-state index contributed by atoms with van der Waals surface area (Å²) in [6.07, 6.45) is 0.647. The van der Waals surface area contributed by atoms with Crippen molar-refractivity contribution in [2.45, 2.75) is 17.4 Å². The maximum Gasteiger partial charge on any atom is 0.310 e. The smallest absolute Gasteiger partial charge is 0.310 e. The van der Waals surface area contributed by atoms with E-state index in [4.69, 9.17) is 21.1 Å². The number of benzene rings is 1. The summed E-state index contributed by atoms with van der Waals surface area (Å²) >= 11 is 9.33. The molecule has 2 aliphatic carbocycles. The zero-order valence-electron chi connectivity index (χ0n) is 12.5. The summed E-state index contributed by atoms with van der Waals surface area (Å²) in [5.74, 6) is -1.95. The normalized spacial score (nSPS) is 35.8. The first-order valence-corrected chi connectivity index (χ1v) is 9.06. The van der Waals surface area contributed by atoms with Gasteiger partial charge in [0.2, 0.25) is 0 Å². The molecule has 1 aromatic carbocycles. The van der Waals surface area contributed by atoms with Gasteiger partial charge in [0.15, 0.2) is 12.4 Å². The topological polar surface area (TPSA) is 69.7 Å². The average molecular weight is 414 g/mol. The zero-order chi connectivity index (χ0) is 17.0. The maximum atomic E-state index is 12.5. The molecule has 126 valence electrons. The number of alkyl halides is 1. The van der Waals surface area contributed by atoms with E-state index >= 15 is 0 Å². The van der Waals surface area contributed by atoms with Crippen molar-refractivity contribution in [2.24, 2.45) is 23.7 Å². The second-order valence-corrected chi connectivity index (χ2v) is 7.99. The third-order valence-electron chi connectivity index (χ3n) is 5.31. The van der Waals surface area contributed by atoms with Crippen LogP contribution in [0.4, 0.5) is 0 Å². The van der Waals surface area contributed by atoms with Crippen LogP contribution in [0.3, 0.4) is 0 Å². The molecule has 1 saturated heterocycles. The van der Waals surface area contributed by atoms with Gasteiger partial charge in [0, 0.05) is 16.5 Å². The fraction of sp³-hybridized carbons (Fsp3) is 0.471. The van der Waals surface area contributed by atoms with Crippen LogP contribution in [0.5, 0.6) is 0 Å². The first-order chi connectivity index (χ1) is 11.5. The molecule has 0 radical (unpaired) electrons. The molecule has 0 N–H and O–H groups in total. The highest BCUT2D eigenvalue weighted by molar-refractivity contribution is 9.09. The van der Waals surface area contributed by atoms with Gasteiger partial charge in [-0.15, -0.1) is 0 Å². The van der Waals surface area contributed by atoms with Crippen molar-refractivity contribution in [3.63, 3.8) is 0 Å². The molecular formula is C17H14BrClO5. The van der Waals surface area contributed by atoms with E-state index in [1.165, 1.54) is 0 Å². The predicted molar refractivity (Wildman–Crippen MR) is 87.9 cm³/mol. The molecule has 0 spiro atoms. The van der Waals surface area contributed by atoms with E-state index < -0.39 is 17.8 Å².